The van der Waals surface area contributed by atoms with E-state index in [-0.39, 0.29) is 11.3 Å². The van der Waals surface area contributed by atoms with Crippen molar-refractivity contribution in [2.24, 2.45) is 5.41 Å². The van der Waals surface area contributed by atoms with Crippen molar-refractivity contribution < 1.29 is 9.18 Å². The van der Waals surface area contributed by atoms with Crippen LogP contribution in [-0.4, -0.2) is 30.3 Å². The summed E-state index contributed by atoms with van der Waals surface area (Å²) in [4.78, 5) is 14.3. The van der Waals surface area contributed by atoms with Gasteiger partial charge in [-0.3, -0.25) is 9.69 Å². The van der Waals surface area contributed by atoms with Gasteiger partial charge in [0.25, 0.3) is 0 Å². The van der Waals surface area contributed by atoms with Crippen LogP contribution in [0.5, 0.6) is 0 Å². The monoisotopic (exact) mass is 277 g/mol. The largest absolute Gasteiger partial charge is 0.296 e. The third-order valence-electron chi connectivity index (χ3n) is 4.96. The molecule has 2 nitrogen and oxygen atoms in total. The van der Waals surface area contributed by atoms with Crippen LogP contribution in [0.25, 0.3) is 0 Å². The molecule has 0 aliphatic carbocycles. The smallest absolute Gasteiger partial charge is 0.179 e. The van der Waals surface area contributed by atoms with Gasteiger partial charge in [0.1, 0.15) is 5.82 Å². The van der Waals surface area contributed by atoms with Gasteiger partial charge in [-0.25, -0.2) is 4.39 Å². The quantitative estimate of drug-likeness (QED) is 0.761. The first kappa shape index (κ1) is 15.2. The second-order valence-corrected chi connectivity index (χ2v) is 5.89. The van der Waals surface area contributed by atoms with E-state index in [9.17, 15) is 9.18 Å². The molecule has 1 heterocycles. The van der Waals surface area contributed by atoms with E-state index in [0.29, 0.717) is 12.0 Å². The number of hydrogen-bond acceptors (Lipinski definition) is 2. The van der Waals surface area contributed by atoms with Crippen LogP contribution in [0.15, 0.2) is 24.3 Å². The average Bonchev–Trinajstić information content (AvgIpc) is 2.49. The first-order valence-corrected chi connectivity index (χ1v) is 7.60. The number of hydrogen-bond donors (Lipinski definition) is 0. The molecule has 1 aliphatic heterocycles. The van der Waals surface area contributed by atoms with E-state index in [4.69, 9.17) is 0 Å². The summed E-state index contributed by atoms with van der Waals surface area (Å²) >= 11 is 0. The summed E-state index contributed by atoms with van der Waals surface area (Å²) in [6, 6.07) is 6.25. The topological polar surface area (TPSA) is 20.3 Å². The van der Waals surface area contributed by atoms with Crippen molar-refractivity contribution in [3.05, 3.63) is 35.6 Å². The molecule has 20 heavy (non-hydrogen) atoms. The van der Waals surface area contributed by atoms with Gasteiger partial charge in [-0.1, -0.05) is 38.8 Å². The van der Waals surface area contributed by atoms with E-state index in [0.717, 1.165) is 25.9 Å². The third-order valence-corrected chi connectivity index (χ3v) is 4.96. The molecule has 0 spiro atoms. The Labute approximate surface area is 121 Å². The summed E-state index contributed by atoms with van der Waals surface area (Å²) < 4.78 is 13.6. The molecule has 1 fully saturated rings. The number of benzene rings is 1. The minimum atomic E-state index is -0.411. The molecule has 0 unspecified atom stereocenters. The highest BCUT2D eigenvalue weighted by atomic mass is 19.1. The maximum Gasteiger partial charge on any atom is 0.179 e. The molecule has 110 valence electrons. The Morgan fingerprint density at radius 1 is 1.20 bits per heavy atom. The lowest BCUT2D eigenvalue weighted by molar-refractivity contribution is 0.0753. The van der Waals surface area contributed by atoms with Crippen LogP contribution in [0.4, 0.5) is 4.39 Å². The fourth-order valence-electron chi connectivity index (χ4n) is 3.12. The second-order valence-electron chi connectivity index (χ2n) is 5.89. The SMILES string of the molecule is CCC1(CC)CCN(CC(=O)c2ccccc2F)CC1. The molecule has 2 rings (SSSR count). The number of carbonyl (C=O) groups excluding carboxylic acids is 1. The fraction of sp³-hybridized carbons (Fsp3) is 0.588. The Hall–Kier alpha value is -1.22. The number of ketones is 1. The van der Waals surface area contributed by atoms with Crippen molar-refractivity contribution in [3.8, 4) is 0 Å². The van der Waals surface area contributed by atoms with Gasteiger partial charge in [0.15, 0.2) is 5.78 Å². The molecule has 0 saturated carbocycles. The molecule has 3 heteroatoms. The van der Waals surface area contributed by atoms with Crippen molar-refractivity contribution in [1.82, 2.24) is 4.90 Å². The van der Waals surface area contributed by atoms with Crippen molar-refractivity contribution >= 4 is 5.78 Å². The number of likely N-dealkylation sites (tertiary alicyclic amines) is 1. The van der Waals surface area contributed by atoms with E-state index in [1.54, 1.807) is 18.2 Å². The normalized spacial score (nSPS) is 18.9. The van der Waals surface area contributed by atoms with Gasteiger partial charge in [-0.15, -0.1) is 0 Å². The van der Waals surface area contributed by atoms with Crippen LogP contribution >= 0.6 is 0 Å². The Morgan fingerprint density at radius 2 is 1.80 bits per heavy atom. The summed E-state index contributed by atoms with van der Waals surface area (Å²) in [5.74, 6) is -0.519. The van der Waals surface area contributed by atoms with Gasteiger partial charge in [0, 0.05) is 0 Å². The molecule has 1 aliphatic rings. The zero-order valence-corrected chi connectivity index (χ0v) is 12.5. The Balaban J connectivity index is 1.93. The highest BCUT2D eigenvalue weighted by molar-refractivity contribution is 5.97. The second kappa shape index (κ2) is 6.49. The summed E-state index contributed by atoms with van der Waals surface area (Å²) in [5.41, 5.74) is 0.674. The van der Waals surface area contributed by atoms with Crippen molar-refractivity contribution in [2.75, 3.05) is 19.6 Å². The standard InChI is InChI=1S/C17H24FNO/c1-3-17(4-2)9-11-19(12-10-17)13-16(20)14-7-5-6-8-15(14)18/h5-8H,3-4,9-13H2,1-2H3. The van der Waals surface area contributed by atoms with E-state index in [1.807, 2.05) is 0 Å². The first-order valence-electron chi connectivity index (χ1n) is 7.60. The molecule has 1 aromatic carbocycles. The molecule has 1 aromatic rings. The molecule has 0 radical (unpaired) electrons. The van der Waals surface area contributed by atoms with Crippen LogP contribution in [0, 0.1) is 11.2 Å². The highest BCUT2D eigenvalue weighted by Crippen LogP contribution is 2.37. The summed E-state index contributed by atoms with van der Waals surface area (Å²) in [7, 11) is 0. The number of nitrogens with zero attached hydrogens (tertiary/aromatic N) is 1. The maximum absolute atomic E-state index is 13.6. The average molecular weight is 277 g/mol. The number of piperidine rings is 1. The summed E-state index contributed by atoms with van der Waals surface area (Å²) in [6.45, 7) is 6.74. The Morgan fingerprint density at radius 3 is 2.35 bits per heavy atom. The Bertz CT molecular complexity index is 458. The zero-order valence-electron chi connectivity index (χ0n) is 12.5. The van der Waals surface area contributed by atoms with Gasteiger partial charge in [-0.05, 0) is 43.5 Å². The molecule has 0 amide bonds. The van der Waals surface area contributed by atoms with Crippen molar-refractivity contribution in [2.45, 2.75) is 39.5 Å². The number of halogens is 1. The zero-order chi connectivity index (χ0) is 14.6. The minimum Gasteiger partial charge on any atom is -0.296 e. The van der Waals surface area contributed by atoms with Crippen molar-refractivity contribution in [3.63, 3.8) is 0 Å². The predicted molar refractivity (Wildman–Crippen MR) is 79.4 cm³/mol. The lowest BCUT2D eigenvalue weighted by Gasteiger charge is -2.40. The van der Waals surface area contributed by atoms with Gasteiger partial charge < -0.3 is 0 Å². The minimum absolute atomic E-state index is 0.108. The fourth-order valence-corrected chi connectivity index (χ4v) is 3.12. The maximum atomic E-state index is 13.6. The van der Waals surface area contributed by atoms with E-state index in [2.05, 4.69) is 18.7 Å². The van der Waals surface area contributed by atoms with Gasteiger partial charge >= 0.3 is 0 Å². The first-order chi connectivity index (χ1) is 9.60. The van der Waals surface area contributed by atoms with Crippen LogP contribution in [0.1, 0.15) is 49.9 Å². The number of Topliss-reactive ketones (excluding diaryl/α,β-unsaturated/α-hetero) is 1. The predicted octanol–water partition coefficient (Wildman–Crippen LogP) is 3.91. The lowest BCUT2D eigenvalue weighted by atomic mass is 9.74. The molecule has 0 bridgehead atoms. The summed E-state index contributed by atoms with van der Waals surface area (Å²) in [6.07, 6.45) is 4.70. The van der Waals surface area contributed by atoms with Crippen molar-refractivity contribution in [1.29, 1.82) is 0 Å². The van der Waals surface area contributed by atoms with E-state index < -0.39 is 5.82 Å². The number of rotatable bonds is 5. The van der Waals surface area contributed by atoms with Gasteiger partial charge in [0.2, 0.25) is 0 Å². The lowest BCUT2D eigenvalue weighted by Crippen LogP contribution is -2.42. The van der Waals surface area contributed by atoms with Crippen LogP contribution in [0.2, 0.25) is 0 Å². The Kier molecular flexibility index (Phi) is 4.92. The molecular formula is C17H24FNO. The third kappa shape index (κ3) is 3.26. The molecule has 0 N–H and O–H groups in total. The van der Waals surface area contributed by atoms with Crippen LogP contribution in [0.3, 0.4) is 0 Å². The molecule has 0 aromatic heterocycles. The van der Waals surface area contributed by atoms with Gasteiger partial charge in [0.05, 0.1) is 12.1 Å². The molecular weight excluding hydrogens is 253 g/mol. The number of carbonyl (C=O) groups is 1. The van der Waals surface area contributed by atoms with Gasteiger partial charge in [-0.2, -0.15) is 0 Å². The molecule has 0 atom stereocenters. The highest BCUT2D eigenvalue weighted by Gasteiger charge is 2.31. The van der Waals surface area contributed by atoms with E-state index in [1.165, 1.54) is 18.9 Å². The molecule has 1 saturated heterocycles. The van der Waals surface area contributed by atoms with E-state index >= 15 is 0 Å². The van der Waals surface area contributed by atoms with Crippen LogP contribution < -0.4 is 0 Å². The van der Waals surface area contributed by atoms with Crippen LogP contribution in [-0.2, 0) is 0 Å². The summed E-state index contributed by atoms with van der Waals surface area (Å²) in [5, 5.41) is 0.